The van der Waals surface area contributed by atoms with Crippen LogP contribution in [0.25, 0.3) is 21.8 Å². The number of carbonyl (C=O) groups is 2. The fourth-order valence-corrected chi connectivity index (χ4v) is 3.56. The second kappa shape index (κ2) is 7.59. The number of amides is 2. The fraction of sp³-hybridized carbons (Fsp3) is 0.0870. The van der Waals surface area contributed by atoms with E-state index in [1.807, 2.05) is 18.2 Å². The average molecular weight is 385 g/mol. The highest BCUT2D eigenvalue weighted by molar-refractivity contribution is 5.95. The van der Waals surface area contributed by atoms with Gasteiger partial charge in [-0.1, -0.05) is 54.6 Å². The van der Waals surface area contributed by atoms with E-state index in [9.17, 15) is 14.4 Å². The van der Waals surface area contributed by atoms with Gasteiger partial charge in [0, 0.05) is 10.8 Å². The molecule has 0 bridgehead atoms. The summed E-state index contributed by atoms with van der Waals surface area (Å²) in [6.45, 7) is -0.0576. The van der Waals surface area contributed by atoms with Gasteiger partial charge in [0.1, 0.15) is 12.6 Å². The highest BCUT2D eigenvalue weighted by atomic mass is 16.2. The zero-order valence-electron chi connectivity index (χ0n) is 15.5. The lowest BCUT2D eigenvalue weighted by Gasteiger charge is -2.18. The summed E-state index contributed by atoms with van der Waals surface area (Å²) in [6, 6.07) is 22.2. The highest BCUT2D eigenvalue weighted by Gasteiger charge is 2.21. The van der Waals surface area contributed by atoms with Crippen molar-refractivity contribution >= 4 is 33.6 Å². The molecule has 0 radical (unpaired) electrons. The van der Waals surface area contributed by atoms with Crippen LogP contribution in [0.4, 0.5) is 0 Å². The number of nitrogens with one attached hydrogen (secondary N) is 1. The molecule has 0 aliphatic heterocycles. The summed E-state index contributed by atoms with van der Waals surface area (Å²) in [6.07, 6.45) is 0. The summed E-state index contributed by atoms with van der Waals surface area (Å²) < 4.78 is 1.78. The predicted molar refractivity (Wildman–Crippen MR) is 112 cm³/mol. The van der Waals surface area contributed by atoms with Gasteiger partial charge in [-0.3, -0.25) is 14.4 Å². The molecule has 0 saturated heterocycles. The van der Waals surface area contributed by atoms with Gasteiger partial charge in [-0.15, -0.1) is 0 Å². The van der Waals surface area contributed by atoms with Gasteiger partial charge in [-0.05, 0) is 29.8 Å². The van der Waals surface area contributed by atoms with E-state index in [2.05, 4.69) is 5.32 Å². The number of hydrogen-bond acceptors (Lipinski definition) is 3. The molecule has 4 aromatic rings. The van der Waals surface area contributed by atoms with E-state index in [1.165, 1.54) is 0 Å². The van der Waals surface area contributed by atoms with Crippen LogP contribution in [0.2, 0.25) is 0 Å². The normalized spacial score (nSPS) is 12.0. The number of primary amides is 1. The van der Waals surface area contributed by atoms with Crippen LogP contribution in [0.1, 0.15) is 11.6 Å². The van der Waals surface area contributed by atoms with Crippen LogP contribution in [-0.4, -0.2) is 16.4 Å². The van der Waals surface area contributed by atoms with Crippen molar-refractivity contribution in [2.75, 3.05) is 0 Å². The van der Waals surface area contributed by atoms with Crippen molar-refractivity contribution in [1.82, 2.24) is 9.88 Å². The first-order valence-corrected chi connectivity index (χ1v) is 9.20. The van der Waals surface area contributed by atoms with Gasteiger partial charge >= 0.3 is 0 Å². The first-order valence-electron chi connectivity index (χ1n) is 9.20. The summed E-state index contributed by atoms with van der Waals surface area (Å²) >= 11 is 0. The van der Waals surface area contributed by atoms with E-state index in [0.717, 1.165) is 0 Å². The molecule has 3 N–H and O–H groups in total. The number of rotatable bonds is 5. The van der Waals surface area contributed by atoms with Crippen molar-refractivity contribution in [2.24, 2.45) is 5.73 Å². The van der Waals surface area contributed by atoms with Gasteiger partial charge in [0.15, 0.2) is 5.43 Å². The number of fused-ring (bicyclic) bond motifs is 2. The van der Waals surface area contributed by atoms with Crippen molar-refractivity contribution < 1.29 is 9.59 Å². The van der Waals surface area contributed by atoms with Crippen LogP contribution >= 0.6 is 0 Å². The van der Waals surface area contributed by atoms with Crippen molar-refractivity contribution in [3.8, 4) is 0 Å². The number of hydrogen-bond donors (Lipinski definition) is 2. The minimum Gasteiger partial charge on any atom is -0.368 e. The number of nitrogens with zero attached hydrogens (tertiary/aromatic N) is 1. The topological polar surface area (TPSA) is 94.2 Å². The van der Waals surface area contributed by atoms with E-state index in [4.69, 9.17) is 5.73 Å². The Bertz CT molecular complexity index is 1220. The van der Waals surface area contributed by atoms with Crippen molar-refractivity contribution in [1.29, 1.82) is 0 Å². The number of aromatic nitrogens is 1. The van der Waals surface area contributed by atoms with Gasteiger partial charge < -0.3 is 15.6 Å². The zero-order valence-corrected chi connectivity index (χ0v) is 15.5. The quantitative estimate of drug-likeness (QED) is 0.517. The van der Waals surface area contributed by atoms with Crippen LogP contribution in [0.5, 0.6) is 0 Å². The van der Waals surface area contributed by atoms with Crippen molar-refractivity contribution in [3.63, 3.8) is 0 Å². The molecule has 3 aromatic carbocycles. The maximum absolute atomic E-state index is 12.9. The Labute approximate surface area is 166 Å². The second-order valence-corrected chi connectivity index (χ2v) is 6.76. The highest BCUT2D eigenvalue weighted by Crippen LogP contribution is 2.19. The summed E-state index contributed by atoms with van der Waals surface area (Å²) in [5.74, 6) is -1.02. The van der Waals surface area contributed by atoms with Crippen molar-refractivity contribution in [2.45, 2.75) is 12.6 Å². The number of carbonyl (C=O) groups excluding carboxylic acids is 2. The Hall–Kier alpha value is -3.93. The maximum Gasteiger partial charge on any atom is 0.244 e. The molecule has 1 unspecified atom stereocenters. The molecule has 1 atom stereocenters. The van der Waals surface area contributed by atoms with Crippen LogP contribution in [0.3, 0.4) is 0 Å². The Morgan fingerprint density at radius 1 is 0.828 bits per heavy atom. The third-order valence-corrected chi connectivity index (χ3v) is 4.90. The van der Waals surface area contributed by atoms with E-state index in [1.54, 1.807) is 65.2 Å². The Kier molecular flexibility index (Phi) is 4.83. The van der Waals surface area contributed by atoms with E-state index in [-0.39, 0.29) is 17.9 Å². The standard InChI is InChI=1S/C23H19N3O3/c24-23(29)21(15-8-2-1-3-9-15)25-20(27)14-26-18-12-6-4-10-16(18)22(28)17-11-5-7-13-19(17)26/h1-13,21H,14H2,(H2,24,29)(H,25,27). The lowest BCUT2D eigenvalue weighted by Crippen LogP contribution is -2.39. The monoisotopic (exact) mass is 385 g/mol. The third-order valence-electron chi connectivity index (χ3n) is 4.90. The van der Waals surface area contributed by atoms with Crippen LogP contribution in [0.15, 0.2) is 83.7 Å². The molecule has 0 fully saturated rings. The first kappa shape index (κ1) is 18.4. The number of benzene rings is 3. The molecule has 0 aliphatic rings. The van der Waals surface area contributed by atoms with E-state index >= 15 is 0 Å². The largest absolute Gasteiger partial charge is 0.368 e. The van der Waals surface area contributed by atoms with Crippen LogP contribution in [-0.2, 0) is 16.1 Å². The summed E-state index contributed by atoms with van der Waals surface area (Å²) in [7, 11) is 0. The molecule has 0 spiro atoms. The maximum atomic E-state index is 12.9. The molecule has 2 amide bonds. The molecule has 6 nitrogen and oxygen atoms in total. The SMILES string of the molecule is NC(=O)C(NC(=O)Cn1c2ccccc2c(=O)c2ccccc21)c1ccccc1. The van der Waals surface area contributed by atoms with Crippen LogP contribution < -0.4 is 16.5 Å². The molecule has 4 rings (SSSR count). The molecule has 144 valence electrons. The molecular formula is C23H19N3O3. The minimum atomic E-state index is -0.930. The Morgan fingerprint density at radius 3 is 1.90 bits per heavy atom. The molecule has 0 aliphatic carbocycles. The average Bonchev–Trinajstić information content (AvgIpc) is 2.75. The lowest BCUT2D eigenvalue weighted by molar-refractivity contribution is -0.127. The van der Waals surface area contributed by atoms with Gasteiger partial charge in [0.25, 0.3) is 0 Å². The smallest absolute Gasteiger partial charge is 0.244 e. The lowest BCUT2D eigenvalue weighted by atomic mass is 10.1. The molecule has 1 heterocycles. The van der Waals surface area contributed by atoms with Gasteiger partial charge in [0.05, 0.1) is 11.0 Å². The van der Waals surface area contributed by atoms with Crippen LogP contribution in [0, 0.1) is 0 Å². The van der Waals surface area contributed by atoms with Gasteiger partial charge in [0.2, 0.25) is 11.8 Å². The summed E-state index contributed by atoms with van der Waals surface area (Å²) in [5, 5.41) is 3.78. The predicted octanol–water partition coefficient (Wildman–Crippen LogP) is 2.50. The van der Waals surface area contributed by atoms with E-state index in [0.29, 0.717) is 27.4 Å². The molecular weight excluding hydrogens is 366 g/mol. The van der Waals surface area contributed by atoms with E-state index < -0.39 is 11.9 Å². The molecule has 29 heavy (non-hydrogen) atoms. The summed E-state index contributed by atoms with van der Waals surface area (Å²) in [5.41, 5.74) is 7.36. The fourth-order valence-electron chi connectivity index (χ4n) is 3.56. The minimum absolute atomic E-state index is 0.0576. The van der Waals surface area contributed by atoms with Gasteiger partial charge in [-0.25, -0.2) is 0 Å². The Balaban J connectivity index is 1.75. The first-order chi connectivity index (χ1) is 14.1. The number of pyridine rings is 1. The molecule has 0 saturated carbocycles. The number of nitrogens with two attached hydrogens (primary N) is 1. The van der Waals surface area contributed by atoms with Crippen molar-refractivity contribution in [3.05, 3.63) is 94.6 Å². The molecule has 6 heteroatoms. The molecule has 1 aromatic heterocycles. The third kappa shape index (κ3) is 3.48. The van der Waals surface area contributed by atoms with Gasteiger partial charge in [-0.2, -0.15) is 0 Å². The Morgan fingerprint density at radius 2 is 1.34 bits per heavy atom. The number of para-hydroxylation sites is 2. The second-order valence-electron chi connectivity index (χ2n) is 6.76. The zero-order chi connectivity index (χ0) is 20.4. The summed E-state index contributed by atoms with van der Waals surface area (Å²) in [4.78, 5) is 37.6.